The van der Waals surface area contributed by atoms with E-state index in [-0.39, 0.29) is 17.3 Å². The Morgan fingerprint density at radius 3 is 2.65 bits per heavy atom. The summed E-state index contributed by atoms with van der Waals surface area (Å²) >= 11 is 0. The van der Waals surface area contributed by atoms with Crippen LogP contribution in [0.5, 0.6) is 0 Å². The van der Waals surface area contributed by atoms with Gasteiger partial charge < -0.3 is 14.6 Å². The van der Waals surface area contributed by atoms with Crippen molar-refractivity contribution in [2.24, 2.45) is 23.2 Å². The molecule has 5 aliphatic rings. The van der Waals surface area contributed by atoms with E-state index in [9.17, 15) is 5.11 Å². The number of fused-ring (bicyclic) bond motifs is 5. The zero-order chi connectivity index (χ0) is 15.7. The molecule has 5 atom stereocenters. The quantitative estimate of drug-likeness (QED) is 0.690. The standard InChI is InChI=1S/C20H30O3/c1-19-8-6-16-15-5-3-14(21)12-13(15)2-4-17(16)18(19)7-9-20(19)22-10-11-23-20/h14,16-18,21H,2-12H2,1H3. The van der Waals surface area contributed by atoms with Crippen molar-refractivity contribution in [3.05, 3.63) is 11.1 Å². The summed E-state index contributed by atoms with van der Waals surface area (Å²) in [4.78, 5) is 0. The fourth-order valence-corrected chi connectivity index (χ4v) is 7.08. The fraction of sp³-hybridized carbons (Fsp3) is 0.900. The van der Waals surface area contributed by atoms with Gasteiger partial charge in [0.25, 0.3) is 0 Å². The van der Waals surface area contributed by atoms with Crippen LogP contribution in [0.3, 0.4) is 0 Å². The molecule has 3 nitrogen and oxygen atoms in total. The van der Waals surface area contributed by atoms with Gasteiger partial charge in [0.1, 0.15) is 0 Å². The van der Waals surface area contributed by atoms with Crippen molar-refractivity contribution in [1.82, 2.24) is 0 Å². The zero-order valence-electron chi connectivity index (χ0n) is 14.4. The van der Waals surface area contributed by atoms with Crippen LogP contribution in [0.25, 0.3) is 0 Å². The molecule has 0 aromatic rings. The molecule has 0 aromatic carbocycles. The van der Waals surface area contributed by atoms with Gasteiger partial charge in [-0.1, -0.05) is 18.1 Å². The molecule has 5 rings (SSSR count). The molecule has 0 amide bonds. The summed E-state index contributed by atoms with van der Waals surface area (Å²) in [6.45, 7) is 4.02. The van der Waals surface area contributed by atoms with Gasteiger partial charge in [-0.05, 0) is 69.1 Å². The Hall–Kier alpha value is -0.380. The first-order valence-electron chi connectivity index (χ1n) is 9.80. The van der Waals surface area contributed by atoms with Gasteiger partial charge in [0.05, 0.1) is 19.3 Å². The SMILES string of the molecule is CC12CCC3C4=C(CCC3C1CCC21OCCO1)CC(O)CC4. The van der Waals surface area contributed by atoms with Gasteiger partial charge in [0, 0.05) is 11.8 Å². The fourth-order valence-electron chi connectivity index (χ4n) is 7.08. The van der Waals surface area contributed by atoms with Crippen molar-refractivity contribution in [2.75, 3.05) is 13.2 Å². The van der Waals surface area contributed by atoms with Gasteiger partial charge in [0.15, 0.2) is 5.79 Å². The topological polar surface area (TPSA) is 38.7 Å². The third kappa shape index (κ3) is 1.93. The number of ether oxygens (including phenoxy) is 2. The lowest BCUT2D eigenvalue weighted by atomic mass is 9.53. The van der Waals surface area contributed by atoms with Gasteiger partial charge in [-0.15, -0.1) is 0 Å². The Morgan fingerprint density at radius 1 is 1.00 bits per heavy atom. The Bertz CT molecular complexity index is 533. The van der Waals surface area contributed by atoms with E-state index >= 15 is 0 Å². The minimum Gasteiger partial charge on any atom is -0.393 e. The maximum Gasteiger partial charge on any atom is 0.174 e. The molecule has 3 heteroatoms. The van der Waals surface area contributed by atoms with E-state index < -0.39 is 0 Å². The monoisotopic (exact) mass is 318 g/mol. The molecule has 1 aliphatic heterocycles. The average molecular weight is 318 g/mol. The summed E-state index contributed by atoms with van der Waals surface area (Å²) in [6.07, 6.45) is 10.5. The summed E-state index contributed by atoms with van der Waals surface area (Å²) in [7, 11) is 0. The molecule has 1 heterocycles. The van der Waals surface area contributed by atoms with Crippen LogP contribution in [-0.2, 0) is 9.47 Å². The lowest BCUT2D eigenvalue weighted by Gasteiger charge is -2.53. The van der Waals surface area contributed by atoms with E-state index in [2.05, 4.69) is 6.92 Å². The largest absolute Gasteiger partial charge is 0.393 e. The number of rotatable bonds is 0. The Morgan fingerprint density at radius 2 is 1.83 bits per heavy atom. The van der Waals surface area contributed by atoms with Crippen LogP contribution < -0.4 is 0 Å². The lowest BCUT2D eigenvalue weighted by Crippen LogP contribution is -2.52. The predicted octanol–water partition coefficient (Wildman–Crippen LogP) is 3.81. The number of allylic oxidation sites excluding steroid dienone is 1. The van der Waals surface area contributed by atoms with Crippen LogP contribution >= 0.6 is 0 Å². The molecule has 1 N–H and O–H groups in total. The molecule has 5 unspecified atom stereocenters. The zero-order valence-corrected chi connectivity index (χ0v) is 14.4. The molecule has 0 bridgehead atoms. The van der Waals surface area contributed by atoms with Gasteiger partial charge in [-0.3, -0.25) is 0 Å². The molecular formula is C20H30O3. The maximum atomic E-state index is 10.0. The van der Waals surface area contributed by atoms with Crippen LogP contribution in [-0.4, -0.2) is 30.2 Å². The summed E-state index contributed by atoms with van der Waals surface area (Å²) in [5.74, 6) is 2.12. The number of aliphatic hydroxyl groups is 1. The minimum atomic E-state index is -0.264. The van der Waals surface area contributed by atoms with Crippen LogP contribution in [0.15, 0.2) is 11.1 Å². The highest BCUT2D eigenvalue weighted by molar-refractivity contribution is 5.27. The molecule has 1 spiro atoms. The van der Waals surface area contributed by atoms with Crippen molar-refractivity contribution >= 4 is 0 Å². The Balaban J connectivity index is 1.46. The summed E-state index contributed by atoms with van der Waals surface area (Å²) in [5.41, 5.74) is 3.59. The summed E-state index contributed by atoms with van der Waals surface area (Å²) in [6, 6.07) is 0. The first kappa shape index (κ1) is 14.9. The third-order valence-electron chi connectivity index (χ3n) is 8.15. The molecule has 128 valence electrons. The third-order valence-corrected chi connectivity index (χ3v) is 8.15. The van der Waals surface area contributed by atoms with Crippen molar-refractivity contribution < 1.29 is 14.6 Å². The van der Waals surface area contributed by atoms with Crippen molar-refractivity contribution in [1.29, 1.82) is 0 Å². The molecule has 0 aromatic heterocycles. The minimum absolute atomic E-state index is 0.0748. The van der Waals surface area contributed by atoms with Crippen molar-refractivity contribution in [3.63, 3.8) is 0 Å². The molecule has 0 radical (unpaired) electrons. The van der Waals surface area contributed by atoms with Crippen LogP contribution in [0, 0.1) is 23.2 Å². The van der Waals surface area contributed by atoms with E-state index in [1.807, 2.05) is 0 Å². The Labute approximate surface area is 139 Å². The highest BCUT2D eigenvalue weighted by Crippen LogP contribution is 2.66. The van der Waals surface area contributed by atoms with E-state index in [0.29, 0.717) is 0 Å². The second-order valence-corrected chi connectivity index (χ2v) is 8.89. The molecule has 2 saturated carbocycles. The predicted molar refractivity (Wildman–Crippen MR) is 87.8 cm³/mol. The lowest BCUT2D eigenvalue weighted by molar-refractivity contribution is -0.238. The number of hydrogen-bond donors (Lipinski definition) is 1. The molecule has 1 saturated heterocycles. The molecule has 3 fully saturated rings. The number of hydrogen-bond acceptors (Lipinski definition) is 3. The van der Waals surface area contributed by atoms with E-state index in [1.54, 1.807) is 11.1 Å². The van der Waals surface area contributed by atoms with Gasteiger partial charge in [-0.2, -0.15) is 0 Å². The van der Waals surface area contributed by atoms with E-state index in [0.717, 1.165) is 56.7 Å². The molecule has 4 aliphatic carbocycles. The van der Waals surface area contributed by atoms with Gasteiger partial charge >= 0.3 is 0 Å². The van der Waals surface area contributed by atoms with Crippen molar-refractivity contribution in [3.8, 4) is 0 Å². The highest BCUT2D eigenvalue weighted by Gasteiger charge is 2.65. The smallest absolute Gasteiger partial charge is 0.174 e. The summed E-state index contributed by atoms with van der Waals surface area (Å²) in [5, 5.41) is 10.0. The average Bonchev–Trinajstić information content (AvgIpc) is 3.14. The summed E-state index contributed by atoms with van der Waals surface area (Å²) < 4.78 is 12.4. The molecule has 23 heavy (non-hydrogen) atoms. The van der Waals surface area contributed by atoms with Crippen molar-refractivity contribution in [2.45, 2.75) is 76.6 Å². The first-order chi connectivity index (χ1) is 11.1. The Kier molecular flexibility index (Phi) is 3.28. The highest BCUT2D eigenvalue weighted by atomic mass is 16.7. The normalized spacial score (nSPS) is 48.3. The van der Waals surface area contributed by atoms with Crippen LogP contribution in [0.1, 0.15) is 64.7 Å². The van der Waals surface area contributed by atoms with Gasteiger partial charge in [-0.25, -0.2) is 0 Å². The maximum absolute atomic E-state index is 10.0. The first-order valence-corrected chi connectivity index (χ1v) is 9.80. The van der Waals surface area contributed by atoms with Gasteiger partial charge in [0.2, 0.25) is 0 Å². The van der Waals surface area contributed by atoms with E-state index in [4.69, 9.17) is 9.47 Å². The number of aliphatic hydroxyl groups excluding tert-OH is 1. The second-order valence-electron chi connectivity index (χ2n) is 8.89. The molecular weight excluding hydrogens is 288 g/mol. The second kappa shape index (κ2) is 5.06. The van der Waals surface area contributed by atoms with E-state index in [1.165, 1.54) is 32.1 Å². The van der Waals surface area contributed by atoms with Crippen LogP contribution in [0.4, 0.5) is 0 Å². The van der Waals surface area contributed by atoms with Crippen LogP contribution in [0.2, 0.25) is 0 Å².